The van der Waals surface area contributed by atoms with Gasteiger partial charge in [-0.05, 0) is 0 Å². The van der Waals surface area contributed by atoms with E-state index in [0.717, 1.165) is 24.3 Å². The predicted octanol–water partition coefficient (Wildman–Crippen LogP) is 3.99. The van der Waals surface area contributed by atoms with E-state index >= 15 is 0 Å². The van der Waals surface area contributed by atoms with E-state index in [-0.39, 0.29) is 6.10 Å². The van der Waals surface area contributed by atoms with Gasteiger partial charge in [0.25, 0.3) is 0 Å². The van der Waals surface area contributed by atoms with Gasteiger partial charge in [0.15, 0.2) is 0 Å². The van der Waals surface area contributed by atoms with Crippen LogP contribution in [0.5, 0.6) is 11.5 Å². The first kappa shape index (κ1) is 25.0. The molecule has 0 heterocycles. The van der Waals surface area contributed by atoms with Crippen molar-refractivity contribution in [3.05, 3.63) is 58.2 Å². The number of rotatable bonds is 17. The quantitative estimate of drug-likeness (QED) is 0.251. The minimum absolute atomic E-state index is 0.356. The van der Waals surface area contributed by atoms with E-state index in [4.69, 9.17) is 7.80 Å². The number of unbranched alkanes of at least 4 members (excludes halogenated alkanes) is 9. The fourth-order valence-corrected chi connectivity index (χ4v) is 4.80. The summed E-state index contributed by atoms with van der Waals surface area (Å²) in [5.41, 5.74) is 0. The van der Waals surface area contributed by atoms with Gasteiger partial charge in [-0.15, -0.1) is 0 Å². The summed E-state index contributed by atoms with van der Waals surface area (Å²) in [5.74, 6) is 1.65. The number of benzene rings is 2. The summed E-state index contributed by atoms with van der Waals surface area (Å²) in [6.07, 6.45) is 13.6. The van der Waals surface area contributed by atoms with Crippen LogP contribution in [0.4, 0.5) is 0 Å². The zero-order chi connectivity index (χ0) is 21.3. The molecule has 0 saturated carbocycles. The topological polar surface area (TPSA) is 38.7 Å². The van der Waals surface area contributed by atoms with Crippen LogP contribution in [0, 0.1) is 3.57 Å². The van der Waals surface area contributed by atoms with Crippen molar-refractivity contribution < 1.29 is 34.5 Å². The standard InChI is InChI=1S/C26H38IO3/c1-2-3-4-5-6-7-8-9-10-14-17-24(28)22-29-25-18-20-26(21-19-25)30-27-23-15-12-11-13-16-23/h11-13,15-16,18-21,24,28H,2-10,14,17,22H2,1H3/q-1. The van der Waals surface area contributed by atoms with Crippen molar-refractivity contribution in [1.82, 2.24) is 0 Å². The molecule has 0 aliphatic carbocycles. The number of aliphatic hydroxyl groups is 1. The Balaban J connectivity index is 1.49. The molecule has 2 rings (SSSR count). The van der Waals surface area contributed by atoms with Gasteiger partial charge in [0.05, 0.1) is 0 Å². The third kappa shape index (κ3) is 11.8. The molecule has 0 aromatic heterocycles. The van der Waals surface area contributed by atoms with E-state index in [2.05, 4.69) is 19.1 Å². The van der Waals surface area contributed by atoms with E-state index in [1.54, 1.807) is 0 Å². The molecule has 1 atom stereocenters. The van der Waals surface area contributed by atoms with Gasteiger partial charge < -0.3 is 0 Å². The molecule has 0 fully saturated rings. The second kappa shape index (κ2) is 16.4. The van der Waals surface area contributed by atoms with Crippen molar-refractivity contribution in [3.63, 3.8) is 0 Å². The van der Waals surface area contributed by atoms with Crippen molar-refractivity contribution in [3.8, 4) is 11.5 Å². The van der Waals surface area contributed by atoms with Crippen molar-refractivity contribution in [1.29, 1.82) is 0 Å². The summed E-state index contributed by atoms with van der Waals surface area (Å²) in [6, 6.07) is 18.0. The first-order valence-corrected chi connectivity index (χ1v) is 13.5. The van der Waals surface area contributed by atoms with Crippen molar-refractivity contribution in [2.75, 3.05) is 6.61 Å². The Hall–Kier alpha value is -1.27. The van der Waals surface area contributed by atoms with Crippen LogP contribution in [0.2, 0.25) is 0 Å². The molecule has 3 nitrogen and oxygen atoms in total. The molecular weight excluding hydrogens is 487 g/mol. The summed E-state index contributed by atoms with van der Waals surface area (Å²) >= 11 is -0.479. The molecule has 1 unspecified atom stereocenters. The Bertz CT molecular complexity index is 645. The summed E-state index contributed by atoms with van der Waals surface area (Å²) in [6.45, 7) is 2.62. The summed E-state index contributed by atoms with van der Waals surface area (Å²) in [4.78, 5) is 0. The van der Waals surface area contributed by atoms with Crippen molar-refractivity contribution in [2.24, 2.45) is 0 Å². The van der Waals surface area contributed by atoms with E-state index in [9.17, 15) is 5.11 Å². The molecule has 30 heavy (non-hydrogen) atoms. The van der Waals surface area contributed by atoms with Gasteiger partial charge in [-0.1, -0.05) is 51.9 Å². The molecule has 0 radical (unpaired) electrons. The molecule has 168 valence electrons. The molecule has 0 bridgehead atoms. The van der Waals surface area contributed by atoms with Crippen LogP contribution in [0.15, 0.2) is 54.6 Å². The molecule has 2 aromatic rings. The van der Waals surface area contributed by atoms with E-state index < -0.39 is 21.6 Å². The molecule has 2 aromatic carbocycles. The third-order valence-corrected chi connectivity index (χ3v) is 7.06. The summed E-state index contributed by atoms with van der Waals surface area (Å²) in [7, 11) is 0. The van der Waals surface area contributed by atoms with Gasteiger partial charge in [0.1, 0.15) is 0 Å². The number of halogens is 1. The first-order chi connectivity index (χ1) is 14.8. The molecular formula is C26H38IO3-. The maximum absolute atomic E-state index is 10.2. The van der Waals surface area contributed by atoms with E-state index in [1.165, 1.54) is 61.4 Å². The Morgan fingerprint density at radius 3 is 1.93 bits per heavy atom. The van der Waals surface area contributed by atoms with Gasteiger partial charge in [-0.25, -0.2) is 0 Å². The monoisotopic (exact) mass is 525 g/mol. The first-order valence-electron chi connectivity index (χ1n) is 11.6. The Kier molecular flexibility index (Phi) is 13.7. The van der Waals surface area contributed by atoms with Gasteiger partial charge in [-0.2, -0.15) is 0 Å². The zero-order valence-electron chi connectivity index (χ0n) is 18.4. The van der Waals surface area contributed by atoms with Crippen molar-refractivity contribution >= 4 is 0 Å². The fraction of sp³-hybridized carbons (Fsp3) is 0.538. The van der Waals surface area contributed by atoms with Crippen LogP contribution in [0.3, 0.4) is 0 Å². The Morgan fingerprint density at radius 2 is 1.30 bits per heavy atom. The average molecular weight is 525 g/mol. The second-order valence-corrected chi connectivity index (χ2v) is 9.98. The second-order valence-electron chi connectivity index (χ2n) is 7.86. The fourth-order valence-electron chi connectivity index (χ4n) is 3.29. The molecule has 1 N–H and O–H groups in total. The third-order valence-electron chi connectivity index (χ3n) is 5.11. The maximum atomic E-state index is 10.2. The number of hydrogen-bond donors (Lipinski definition) is 1. The Labute approximate surface area is 194 Å². The minimum atomic E-state index is -0.479. The predicted molar refractivity (Wildman–Crippen MR) is 120 cm³/mol. The number of aliphatic hydroxyl groups excluding tert-OH is 1. The van der Waals surface area contributed by atoms with Gasteiger partial charge >= 0.3 is 143 Å². The van der Waals surface area contributed by atoms with E-state index in [1.807, 2.05) is 42.5 Å². The summed E-state index contributed by atoms with van der Waals surface area (Å²) in [5, 5.41) is 10.2. The van der Waals surface area contributed by atoms with Gasteiger partial charge in [0, 0.05) is 0 Å². The van der Waals surface area contributed by atoms with Gasteiger partial charge in [0.2, 0.25) is 0 Å². The molecule has 0 aliphatic heterocycles. The molecule has 0 saturated heterocycles. The molecule has 0 spiro atoms. The van der Waals surface area contributed by atoms with Crippen LogP contribution in [0.1, 0.15) is 77.6 Å². The van der Waals surface area contributed by atoms with Crippen LogP contribution >= 0.6 is 0 Å². The Morgan fingerprint density at radius 1 is 0.733 bits per heavy atom. The number of hydrogen-bond acceptors (Lipinski definition) is 3. The van der Waals surface area contributed by atoms with Crippen LogP contribution in [0.25, 0.3) is 0 Å². The molecule has 0 aliphatic rings. The zero-order valence-corrected chi connectivity index (χ0v) is 20.6. The van der Waals surface area contributed by atoms with E-state index in [0.29, 0.717) is 6.61 Å². The SMILES string of the molecule is CCCCCCCCCCCCC(O)COc1ccc(O[I-]c2ccccc2)cc1. The number of ether oxygens (including phenoxy) is 1. The van der Waals surface area contributed by atoms with Crippen LogP contribution < -0.4 is 29.4 Å². The van der Waals surface area contributed by atoms with Crippen LogP contribution in [-0.4, -0.2) is 17.8 Å². The molecule has 0 amide bonds. The van der Waals surface area contributed by atoms with Crippen molar-refractivity contribution in [2.45, 2.75) is 83.7 Å². The average Bonchev–Trinajstić information content (AvgIpc) is 2.79. The summed E-state index contributed by atoms with van der Waals surface area (Å²) < 4.78 is 12.9. The van der Waals surface area contributed by atoms with Gasteiger partial charge in [-0.3, -0.25) is 0 Å². The molecule has 4 heteroatoms. The van der Waals surface area contributed by atoms with Crippen LogP contribution in [-0.2, 0) is 0 Å². The normalized spacial score (nSPS) is 12.1.